The van der Waals surface area contributed by atoms with Gasteiger partial charge in [0.2, 0.25) is 0 Å². The van der Waals surface area contributed by atoms with E-state index in [4.69, 9.17) is 0 Å². The molecular formula is C24H26FN7O. The highest BCUT2D eigenvalue weighted by atomic mass is 19.1. The lowest BCUT2D eigenvalue weighted by atomic mass is 10.1. The molecule has 2 unspecified atom stereocenters. The van der Waals surface area contributed by atoms with Crippen molar-refractivity contribution < 1.29 is 9.18 Å². The zero-order valence-electron chi connectivity index (χ0n) is 19.1. The van der Waals surface area contributed by atoms with Crippen LogP contribution in [0.2, 0.25) is 0 Å². The molecule has 1 aliphatic heterocycles. The van der Waals surface area contributed by atoms with Crippen LogP contribution in [0.15, 0.2) is 36.8 Å². The molecular weight excluding hydrogens is 421 g/mol. The zero-order valence-corrected chi connectivity index (χ0v) is 19.1. The van der Waals surface area contributed by atoms with Gasteiger partial charge in [-0.2, -0.15) is 0 Å². The molecule has 4 aromatic rings. The zero-order chi connectivity index (χ0) is 23.3. The van der Waals surface area contributed by atoms with Crippen molar-refractivity contribution in [3.8, 4) is 0 Å². The molecule has 1 amide bonds. The van der Waals surface area contributed by atoms with E-state index in [-0.39, 0.29) is 11.6 Å². The Kier molecular flexibility index (Phi) is 5.20. The number of carbonyl (C=O) groups excluding carboxylic acids is 1. The summed E-state index contributed by atoms with van der Waals surface area (Å²) in [4.78, 5) is 28.7. The minimum absolute atomic E-state index is 0.239. The summed E-state index contributed by atoms with van der Waals surface area (Å²) < 4.78 is 16.2. The quantitative estimate of drug-likeness (QED) is 0.500. The highest BCUT2D eigenvalue weighted by Gasteiger charge is 2.24. The van der Waals surface area contributed by atoms with Crippen molar-refractivity contribution in [1.82, 2.24) is 24.7 Å². The predicted octanol–water partition coefficient (Wildman–Crippen LogP) is 3.47. The largest absolute Gasteiger partial charge is 0.367 e. The number of amides is 1. The third-order valence-electron chi connectivity index (χ3n) is 6.16. The van der Waals surface area contributed by atoms with Crippen molar-refractivity contribution >= 4 is 34.0 Å². The number of benzene rings is 1. The van der Waals surface area contributed by atoms with Gasteiger partial charge in [0.1, 0.15) is 11.0 Å². The topological polar surface area (TPSA) is 87.5 Å². The summed E-state index contributed by atoms with van der Waals surface area (Å²) in [5.74, 6) is -0.867. The SMILES string of the molecule is Cc1nc2c(F)cc(NC(=O)c3ccc(N4CC(C)NC(C)C4)c4nccnc34)cn2c1C. The minimum atomic E-state index is -0.494. The Morgan fingerprint density at radius 2 is 1.82 bits per heavy atom. The van der Waals surface area contributed by atoms with E-state index in [1.54, 1.807) is 29.1 Å². The maximum atomic E-state index is 14.6. The maximum Gasteiger partial charge on any atom is 0.257 e. The Labute approximate surface area is 190 Å². The van der Waals surface area contributed by atoms with E-state index >= 15 is 0 Å². The summed E-state index contributed by atoms with van der Waals surface area (Å²) in [7, 11) is 0. The molecule has 0 aliphatic carbocycles. The van der Waals surface area contributed by atoms with Crippen LogP contribution in [-0.4, -0.2) is 50.4 Å². The normalized spacial score (nSPS) is 18.8. The van der Waals surface area contributed by atoms with Gasteiger partial charge in [-0.1, -0.05) is 0 Å². The van der Waals surface area contributed by atoms with E-state index < -0.39 is 5.82 Å². The first-order valence-corrected chi connectivity index (χ1v) is 11.0. The number of hydrogen-bond acceptors (Lipinski definition) is 6. The van der Waals surface area contributed by atoms with Crippen molar-refractivity contribution in [2.75, 3.05) is 23.3 Å². The number of carbonyl (C=O) groups is 1. The van der Waals surface area contributed by atoms with Gasteiger partial charge < -0.3 is 15.5 Å². The van der Waals surface area contributed by atoms with E-state index in [2.05, 4.69) is 44.3 Å². The number of halogens is 1. The van der Waals surface area contributed by atoms with E-state index in [9.17, 15) is 9.18 Å². The molecule has 0 bridgehead atoms. The third kappa shape index (κ3) is 3.78. The third-order valence-corrected chi connectivity index (χ3v) is 6.16. The molecule has 0 radical (unpaired) electrons. The lowest BCUT2D eigenvalue weighted by Crippen LogP contribution is -2.54. The Morgan fingerprint density at radius 3 is 2.55 bits per heavy atom. The first kappa shape index (κ1) is 21.3. The first-order valence-electron chi connectivity index (χ1n) is 11.0. The fourth-order valence-electron chi connectivity index (χ4n) is 4.60. The molecule has 8 nitrogen and oxygen atoms in total. The second-order valence-corrected chi connectivity index (χ2v) is 8.77. The number of fused-ring (bicyclic) bond motifs is 2. The standard InChI is InChI=1S/C24H26FN7O/c1-13-10-31(11-14(2)28-13)20-6-5-18(21-22(20)27-8-7-26-21)24(33)30-17-9-19(25)23-29-15(3)16(4)32(23)12-17/h5-9,12-14,28H,10-11H2,1-4H3,(H,30,33). The van der Waals surface area contributed by atoms with Gasteiger partial charge in [-0.3, -0.25) is 19.2 Å². The number of aryl methyl sites for hydroxylation is 2. The summed E-state index contributed by atoms with van der Waals surface area (Å²) in [6.07, 6.45) is 4.89. The second-order valence-electron chi connectivity index (χ2n) is 8.77. The van der Waals surface area contributed by atoms with Crippen LogP contribution in [0.1, 0.15) is 35.6 Å². The average molecular weight is 448 g/mol. The number of pyridine rings is 1. The van der Waals surface area contributed by atoms with E-state index in [1.165, 1.54) is 6.07 Å². The van der Waals surface area contributed by atoms with Crippen LogP contribution in [-0.2, 0) is 0 Å². The molecule has 170 valence electrons. The summed E-state index contributed by atoms with van der Waals surface area (Å²) in [6.45, 7) is 9.66. The fraction of sp³-hybridized carbons (Fsp3) is 0.333. The molecule has 9 heteroatoms. The molecule has 1 fully saturated rings. The van der Waals surface area contributed by atoms with Crippen molar-refractivity contribution in [2.45, 2.75) is 39.8 Å². The van der Waals surface area contributed by atoms with E-state index in [0.29, 0.717) is 34.4 Å². The molecule has 3 aromatic heterocycles. The Hall–Kier alpha value is -3.59. The van der Waals surface area contributed by atoms with Gasteiger partial charge in [-0.15, -0.1) is 0 Å². The summed E-state index contributed by atoms with van der Waals surface area (Å²) in [5.41, 5.74) is 4.67. The van der Waals surface area contributed by atoms with Crippen LogP contribution in [0.5, 0.6) is 0 Å². The molecule has 1 saturated heterocycles. The number of nitrogens with zero attached hydrogens (tertiary/aromatic N) is 5. The molecule has 1 aliphatic rings. The smallest absolute Gasteiger partial charge is 0.257 e. The second kappa shape index (κ2) is 8.08. The van der Waals surface area contributed by atoms with Crippen LogP contribution in [0, 0.1) is 19.7 Å². The number of anilines is 2. The van der Waals surface area contributed by atoms with Gasteiger partial charge in [-0.25, -0.2) is 9.37 Å². The predicted molar refractivity (Wildman–Crippen MR) is 126 cm³/mol. The number of aromatic nitrogens is 4. The van der Waals surface area contributed by atoms with Crippen molar-refractivity contribution in [3.63, 3.8) is 0 Å². The highest BCUT2D eigenvalue weighted by Crippen LogP contribution is 2.29. The van der Waals surface area contributed by atoms with Crippen molar-refractivity contribution in [1.29, 1.82) is 0 Å². The fourth-order valence-corrected chi connectivity index (χ4v) is 4.60. The molecule has 0 spiro atoms. The van der Waals surface area contributed by atoms with E-state index in [1.807, 2.05) is 19.9 Å². The molecule has 0 saturated carbocycles. The van der Waals surface area contributed by atoms with Gasteiger partial charge in [0, 0.05) is 55.5 Å². The summed E-state index contributed by atoms with van der Waals surface area (Å²) >= 11 is 0. The lowest BCUT2D eigenvalue weighted by Gasteiger charge is -2.38. The van der Waals surface area contributed by atoms with Gasteiger partial charge in [0.25, 0.3) is 5.91 Å². The Bertz CT molecular complexity index is 1370. The average Bonchev–Trinajstić information content (AvgIpc) is 3.06. The van der Waals surface area contributed by atoms with Gasteiger partial charge >= 0.3 is 0 Å². The van der Waals surface area contributed by atoms with Crippen molar-refractivity contribution in [3.05, 3.63) is 59.6 Å². The Morgan fingerprint density at radius 1 is 1.12 bits per heavy atom. The molecule has 2 N–H and O–H groups in total. The van der Waals surface area contributed by atoms with E-state index in [0.717, 1.165) is 30.2 Å². The van der Waals surface area contributed by atoms with Crippen LogP contribution in [0.3, 0.4) is 0 Å². The maximum absolute atomic E-state index is 14.6. The number of imidazole rings is 1. The molecule has 4 heterocycles. The molecule has 33 heavy (non-hydrogen) atoms. The van der Waals surface area contributed by atoms with Crippen molar-refractivity contribution in [2.24, 2.45) is 0 Å². The number of nitrogens with one attached hydrogen (secondary N) is 2. The van der Waals surface area contributed by atoms with Crippen LogP contribution in [0.4, 0.5) is 15.8 Å². The minimum Gasteiger partial charge on any atom is -0.367 e. The monoisotopic (exact) mass is 447 g/mol. The lowest BCUT2D eigenvalue weighted by molar-refractivity contribution is 0.102. The number of rotatable bonds is 3. The van der Waals surface area contributed by atoms with Gasteiger partial charge in [-0.05, 0) is 39.8 Å². The molecule has 1 aromatic carbocycles. The van der Waals surface area contributed by atoms with Crippen LogP contribution in [0.25, 0.3) is 16.7 Å². The number of hydrogen-bond donors (Lipinski definition) is 2. The van der Waals surface area contributed by atoms with Crippen LogP contribution >= 0.6 is 0 Å². The van der Waals surface area contributed by atoms with Gasteiger partial charge in [0.15, 0.2) is 11.5 Å². The molecule has 5 rings (SSSR count). The highest BCUT2D eigenvalue weighted by molar-refractivity contribution is 6.13. The summed E-state index contributed by atoms with van der Waals surface area (Å²) in [6, 6.07) is 5.64. The van der Waals surface area contributed by atoms with Crippen LogP contribution < -0.4 is 15.5 Å². The number of piperazine rings is 1. The summed E-state index contributed by atoms with van der Waals surface area (Å²) in [5, 5.41) is 6.34. The van der Waals surface area contributed by atoms with Gasteiger partial charge in [0.05, 0.1) is 22.6 Å². The molecule has 2 atom stereocenters. The first-order chi connectivity index (χ1) is 15.8. The Balaban J connectivity index is 1.51.